The van der Waals surface area contributed by atoms with E-state index in [9.17, 15) is 13.2 Å². The number of amides is 1. The van der Waals surface area contributed by atoms with Crippen LogP contribution in [-0.4, -0.2) is 25.4 Å². The number of benzene rings is 1. The molecule has 88 valence electrons. The van der Waals surface area contributed by atoms with E-state index in [0.717, 1.165) is 6.26 Å². The Bertz CT molecular complexity index is 482. The van der Waals surface area contributed by atoms with Crippen LogP contribution < -0.4 is 5.32 Å². The number of carbonyl (C=O) groups excluding carboxylic acids is 1. The molecule has 1 N–H and O–H groups in total. The van der Waals surface area contributed by atoms with Crippen molar-refractivity contribution < 1.29 is 13.2 Å². The topological polar surface area (TPSA) is 63.2 Å². The Morgan fingerprint density at radius 1 is 1.25 bits per heavy atom. The SMILES string of the molecule is CS(=O)(=O)c1ccc(NC(=O)C(Cl)Cl)cc1. The summed E-state index contributed by atoms with van der Waals surface area (Å²) in [6.45, 7) is 0. The third-order valence-electron chi connectivity index (χ3n) is 1.75. The summed E-state index contributed by atoms with van der Waals surface area (Å²) in [5.74, 6) is -0.560. The van der Waals surface area contributed by atoms with E-state index in [2.05, 4.69) is 5.32 Å². The van der Waals surface area contributed by atoms with E-state index in [-0.39, 0.29) is 4.90 Å². The van der Waals surface area contributed by atoms with Gasteiger partial charge in [0.1, 0.15) is 0 Å². The molecular weight excluding hydrogens is 273 g/mol. The largest absolute Gasteiger partial charge is 0.324 e. The van der Waals surface area contributed by atoms with Crippen molar-refractivity contribution in [3.8, 4) is 0 Å². The Morgan fingerprint density at radius 2 is 1.75 bits per heavy atom. The Morgan fingerprint density at radius 3 is 2.12 bits per heavy atom. The van der Waals surface area contributed by atoms with Gasteiger partial charge in [-0.05, 0) is 24.3 Å². The van der Waals surface area contributed by atoms with Crippen LogP contribution in [0.4, 0.5) is 5.69 Å². The van der Waals surface area contributed by atoms with Gasteiger partial charge in [-0.15, -0.1) is 0 Å². The fourth-order valence-electron chi connectivity index (χ4n) is 0.982. The zero-order valence-electron chi connectivity index (χ0n) is 8.28. The van der Waals surface area contributed by atoms with Gasteiger partial charge in [-0.3, -0.25) is 4.79 Å². The van der Waals surface area contributed by atoms with Gasteiger partial charge < -0.3 is 5.32 Å². The molecule has 0 spiro atoms. The summed E-state index contributed by atoms with van der Waals surface area (Å²) in [5, 5.41) is 2.42. The summed E-state index contributed by atoms with van der Waals surface area (Å²) in [5.41, 5.74) is 0.434. The van der Waals surface area contributed by atoms with Crippen molar-refractivity contribution in [2.75, 3.05) is 11.6 Å². The second kappa shape index (κ2) is 5.03. The molecule has 1 rings (SSSR count). The summed E-state index contributed by atoms with van der Waals surface area (Å²) >= 11 is 10.7. The zero-order chi connectivity index (χ0) is 12.3. The molecule has 16 heavy (non-hydrogen) atoms. The van der Waals surface area contributed by atoms with Crippen molar-refractivity contribution in [2.45, 2.75) is 9.73 Å². The summed E-state index contributed by atoms with van der Waals surface area (Å²) in [6.07, 6.45) is 1.11. The van der Waals surface area contributed by atoms with Crippen LogP contribution in [0.2, 0.25) is 0 Å². The Kier molecular flexibility index (Phi) is 4.18. The minimum atomic E-state index is -3.23. The molecule has 7 heteroatoms. The van der Waals surface area contributed by atoms with Crippen LogP contribution >= 0.6 is 23.2 Å². The summed E-state index contributed by atoms with van der Waals surface area (Å²) in [4.78, 5) is 10.1. The maximum absolute atomic E-state index is 11.1. The van der Waals surface area contributed by atoms with Gasteiger partial charge in [0.2, 0.25) is 0 Å². The monoisotopic (exact) mass is 281 g/mol. The van der Waals surface area contributed by atoms with Crippen LogP contribution in [0, 0.1) is 0 Å². The molecular formula is C9H9Cl2NO3S. The Hall–Kier alpha value is -0.780. The molecule has 1 amide bonds. The molecule has 0 aliphatic carbocycles. The van der Waals surface area contributed by atoms with Crippen LogP contribution in [0.5, 0.6) is 0 Å². The Labute approximate surface area is 103 Å². The average molecular weight is 282 g/mol. The lowest BCUT2D eigenvalue weighted by atomic mass is 10.3. The van der Waals surface area contributed by atoms with Gasteiger partial charge in [0.15, 0.2) is 14.7 Å². The van der Waals surface area contributed by atoms with Crippen LogP contribution in [-0.2, 0) is 14.6 Å². The van der Waals surface area contributed by atoms with Crippen molar-refractivity contribution in [3.05, 3.63) is 24.3 Å². The van der Waals surface area contributed by atoms with Crippen LogP contribution in [0.15, 0.2) is 29.2 Å². The quantitative estimate of drug-likeness (QED) is 0.860. The second-order valence-corrected chi connectivity index (χ2v) is 6.20. The molecule has 0 unspecified atom stereocenters. The summed E-state index contributed by atoms with van der Waals surface area (Å²) in [6, 6.07) is 5.71. The van der Waals surface area contributed by atoms with E-state index in [1.807, 2.05) is 0 Å². The van der Waals surface area contributed by atoms with Gasteiger partial charge in [-0.1, -0.05) is 23.2 Å². The number of halogens is 2. The average Bonchev–Trinajstić information content (AvgIpc) is 2.17. The van der Waals surface area contributed by atoms with E-state index in [4.69, 9.17) is 23.2 Å². The highest BCUT2D eigenvalue weighted by Gasteiger charge is 2.12. The molecule has 0 bridgehead atoms. The van der Waals surface area contributed by atoms with Gasteiger partial charge in [0.25, 0.3) is 5.91 Å². The smallest absolute Gasteiger partial charge is 0.257 e. The van der Waals surface area contributed by atoms with Gasteiger partial charge in [-0.2, -0.15) is 0 Å². The second-order valence-electron chi connectivity index (χ2n) is 3.09. The first-order valence-corrected chi connectivity index (χ1v) is 6.96. The van der Waals surface area contributed by atoms with Crippen LogP contribution in [0.25, 0.3) is 0 Å². The fraction of sp³-hybridized carbons (Fsp3) is 0.222. The van der Waals surface area contributed by atoms with Crippen LogP contribution in [0.3, 0.4) is 0 Å². The summed E-state index contributed by atoms with van der Waals surface area (Å²) in [7, 11) is -3.23. The van der Waals surface area contributed by atoms with Crippen LogP contribution in [0.1, 0.15) is 0 Å². The molecule has 0 aromatic heterocycles. The van der Waals surface area contributed by atoms with E-state index in [0.29, 0.717) is 5.69 Å². The lowest BCUT2D eigenvalue weighted by molar-refractivity contribution is -0.114. The van der Waals surface area contributed by atoms with E-state index < -0.39 is 20.6 Å². The van der Waals surface area contributed by atoms with Gasteiger partial charge in [0, 0.05) is 11.9 Å². The van der Waals surface area contributed by atoms with E-state index in [1.54, 1.807) is 0 Å². The molecule has 0 aliphatic rings. The fourth-order valence-corrected chi connectivity index (χ4v) is 1.72. The number of hydrogen-bond acceptors (Lipinski definition) is 3. The maximum Gasteiger partial charge on any atom is 0.257 e. The third kappa shape index (κ3) is 3.66. The number of nitrogens with one attached hydrogen (secondary N) is 1. The molecule has 0 saturated carbocycles. The van der Waals surface area contributed by atoms with Crippen molar-refractivity contribution in [1.82, 2.24) is 0 Å². The van der Waals surface area contributed by atoms with Crippen molar-refractivity contribution in [3.63, 3.8) is 0 Å². The Balaban J connectivity index is 2.84. The van der Waals surface area contributed by atoms with E-state index in [1.165, 1.54) is 24.3 Å². The molecule has 0 atom stereocenters. The highest BCUT2D eigenvalue weighted by molar-refractivity contribution is 7.90. The summed E-state index contributed by atoms with van der Waals surface area (Å²) < 4.78 is 22.3. The molecule has 0 radical (unpaired) electrons. The minimum Gasteiger partial charge on any atom is -0.324 e. The number of sulfone groups is 1. The van der Waals surface area contributed by atoms with Gasteiger partial charge >= 0.3 is 0 Å². The third-order valence-corrected chi connectivity index (χ3v) is 3.27. The first-order chi connectivity index (χ1) is 7.30. The van der Waals surface area contributed by atoms with Crippen molar-refractivity contribution >= 4 is 44.6 Å². The zero-order valence-corrected chi connectivity index (χ0v) is 10.6. The maximum atomic E-state index is 11.1. The lowest BCUT2D eigenvalue weighted by Crippen LogP contribution is -2.18. The lowest BCUT2D eigenvalue weighted by Gasteiger charge is -2.05. The van der Waals surface area contributed by atoms with Gasteiger partial charge in [-0.25, -0.2) is 8.42 Å². The molecule has 0 heterocycles. The number of anilines is 1. The number of hydrogen-bond donors (Lipinski definition) is 1. The number of alkyl halides is 2. The predicted molar refractivity (Wildman–Crippen MR) is 63.7 cm³/mol. The standard InChI is InChI=1S/C9H9Cl2NO3S/c1-16(14,15)7-4-2-6(3-5-7)12-9(13)8(10)11/h2-5,8H,1H3,(H,12,13). The van der Waals surface area contributed by atoms with E-state index >= 15 is 0 Å². The minimum absolute atomic E-state index is 0.179. The van der Waals surface area contributed by atoms with Crippen molar-refractivity contribution in [2.24, 2.45) is 0 Å². The van der Waals surface area contributed by atoms with Crippen molar-refractivity contribution in [1.29, 1.82) is 0 Å². The molecule has 1 aromatic rings. The molecule has 0 fully saturated rings. The van der Waals surface area contributed by atoms with Gasteiger partial charge in [0.05, 0.1) is 4.90 Å². The molecule has 0 aliphatic heterocycles. The first kappa shape index (κ1) is 13.3. The number of carbonyl (C=O) groups is 1. The normalized spacial score (nSPS) is 11.5. The highest BCUT2D eigenvalue weighted by Crippen LogP contribution is 2.15. The molecule has 1 aromatic carbocycles. The predicted octanol–water partition coefficient (Wildman–Crippen LogP) is 1.83. The molecule has 4 nitrogen and oxygen atoms in total. The molecule has 0 saturated heterocycles. The highest BCUT2D eigenvalue weighted by atomic mass is 35.5. The number of rotatable bonds is 3. The first-order valence-electron chi connectivity index (χ1n) is 4.20.